The molecule has 28 heavy (non-hydrogen) atoms. The largest absolute Gasteiger partial charge is 0.457 e. The molecule has 5 heteroatoms. The summed E-state index contributed by atoms with van der Waals surface area (Å²) in [5.41, 5.74) is 2.40. The van der Waals surface area contributed by atoms with Crippen LogP contribution in [0.15, 0.2) is 85.1 Å². The summed E-state index contributed by atoms with van der Waals surface area (Å²) in [6.07, 6.45) is 1.73. The minimum absolute atomic E-state index is 0.141. The summed E-state index contributed by atoms with van der Waals surface area (Å²) < 4.78 is 18.6. The molecular weight excluding hydrogens is 355 g/mol. The number of nitrogens with zero attached hydrogens (tertiary/aromatic N) is 1. The zero-order valence-electron chi connectivity index (χ0n) is 14.9. The SMILES string of the molecule is O=C(NCc1ccc(Oc2ccc(F)cc2)cc1)c1ccc2ncccc2c1. The van der Waals surface area contributed by atoms with Crippen LogP contribution in [0.2, 0.25) is 0 Å². The Morgan fingerprint density at radius 3 is 2.39 bits per heavy atom. The maximum absolute atomic E-state index is 12.9. The maximum atomic E-state index is 12.9. The lowest BCUT2D eigenvalue weighted by Crippen LogP contribution is -2.22. The minimum atomic E-state index is -0.305. The van der Waals surface area contributed by atoms with Gasteiger partial charge in [-0.05, 0) is 66.2 Å². The number of halogens is 1. The topological polar surface area (TPSA) is 51.2 Å². The smallest absolute Gasteiger partial charge is 0.251 e. The third-order valence-corrected chi connectivity index (χ3v) is 4.29. The highest BCUT2D eigenvalue weighted by Crippen LogP contribution is 2.22. The molecule has 0 fully saturated rings. The maximum Gasteiger partial charge on any atom is 0.251 e. The summed E-state index contributed by atoms with van der Waals surface area (Å²) in [6.45, 7) is 0.404. The van der Waals surface area contributed by atoms with Crippen LogP contribution < -0.4 is 10.1 Å². The second-order valence-corrected chi connectivity index (χ2v) is 6.29. The van der Waals surface area contributed by atoms with E-state index in [9.17, 15) is 9.18 Å². The number of hydrogen-bond acceptors (Lipinski definition) is 3. The standard InChI is InChI=1S/C23H17FN2O2/c24-19-6-10-21(11-7-19)28-20-8-3-16(4-9-20)15-26-23(27)18-5-12-22-17(14-18)2-1-13-25-22/h1-14H,15H2,(H,26,27). The van der Waals surface area contributed by atoms with E-state index in [1.54, 1.807) is 24.4 Å². The zero-order valence-corrected chi connectivity index (χ0v) is 14.9. The van der Waals surface area contributed by atoms with Crippen molar-refractivity contribution in [1.29, 1.82) is 0 Å². The van der Waals surface area contributed by atoms with Gasteiger partial charge in [0.25, 0.3) is 5.91 Å². The van der Waals surface area contributed by atoms with E-state index in [-0.39, 0.29) is 11.7 Å². The van der Waals surface area contributed by atoms with Crippen LogP contribution in [0.3, 0.4) is 0 Å². The van der Waals surface area contributed by atoms with E-state index < -0.39 is 0 Å². The van der Waals surface area contributed by atoms with E-state index in [0.29, 0.717) is 23.6 Å². The van der Waals surface area contributed by atoms with Gasteiger partial charge in [0.1, 0.15) is 17.3 Å². The number of hydrogen-bond donors (Lipinski definition) is 1. The van der Waals surface area contributed by atoms with E-state index in [4.69, 9.17) is 4.74 Å². The first-order valence-corrected chi connectivity index (χ1v) is 8.83. The highest BCUT2D eigenvalue weighted by Gasteiger charge is 2.07. The minimum Gasteiger partial charge on any atom is -0.457 e. The third-order valence-electron chi connectivity index (χ3n) is 4.29. The average molecular weight is 372 g/mol. The molecule has 0 aliphatic rings. The quantitative estimate of drug-likeness (QED) is 0.530. The molecule has 4 nitrogen and oxygen atoms in total. The van der Waals surface area contributed by atoms with Crippen molar-refractivity contribution >= 4 is 16.8 Å². The van der Waals surface area contributed by atoms with Crippen LogP contribution in [-0.2, 0) is 6.54 Å². The number of rotatable bonds is 5. The number of nitrogens with one attached hydrogen (secondary N) is 1. The number of fused-ring (bicyclic) bond motifs is 1. The molecule has 138 valence electrons. The Balaban J connectivity index is 1.37. The molecule has 1 heterocycles. The van der Waals surface area contributed by atoms with Gasteiger partial charge in [-0.2, -0.15) is 0 Å². The van der Waals surface area contributed by atoms with Crippen molar-refractivity contribution in [3.8, 4) is 11.5 Å². The van der Waals surface area contributed by atoms with Crippen LogP contribution in [0, 0.1) is 5.82 Å². The summed E-state index contributed by atoms with van der Waals surface area (Å²) >= 11 is 0. The van der Waals surface area contributed by atoms with E-state index in [2.05, 4.69) is 10.3 Å². The van der Waals surface area contributed by atoms with Crippen molar-refractivity contribution in [2.45, 2.75) is 6.54 Å². The lowest BCUT2D eigenvalue weighted by molar-refractivity contribution is 0.0951. The molecule has 0 saturated carbocycles. The fourth-order valence-corrected chi connectivity index (χ4v) is 2.82. The molecule has 4 aromatic rings. The summed E-state index contributed by atoms with van der Waals surface area (Å²) in [6, 6.07) is 22.4. The van der Waals surface area contributed by atoms with E-state index in [1.165, 1.54) is 12.1 Å². The molecule has 0 spiro atoms. The predicted molar refractivity (Wildman–Crippen MR) is 106 cm³/mol. The lowest BCUT2D eigenvalue weighted by atomic mass is 10.1. The first kappa shape index (κ1) is 17.7. The van der Waals surface area contributed by atoms with E-state index in [1.807, 2.05) is 48.5 Å². The Hall–Kier alpha value is -3.73. The molecule has 0 saturated heterocycles. The highest BCUT2D eigenvalue weighted by atomic mass is 19.1. The fraction of sp³-hybridized carbons (Fsp3) is 0.0435. The molecule has 0 aliphatic carbocycles. The van der Waals surface area contributed by atoms with Gasteiger partial charge in [0.05, 0.1) is 5.52 Å². The van der Waals surface area contributed by atoms with Crippen LogP contribution in [0.1, 0.15) is 15.9 Å². The molecule has 1 N–H and O–H groups in total. The van der Waals surface area contributed by atoms with Gasteiger partial charge in [-0.25, -0.2) is 4.39 Å². The molecule has 1 amide bonds. The van der Waals surface area contributed by atoms with Gasteiger partial charge in [-0.3, -0.25) is 9.78 Å². The Morgan fingerprint density at radius 2 is 1.64 bits per heavy atom. The van der Waals surface area contributed by atoms with Gasteiger partial charge in [0.2, 0.25) is 0 Å². The number of benzene rings is 3. The van der Waals surface area contributed by atoms with Crippen molar-refractivity contribution in [2.24, 2.45) is 0 Å². The predicted octanol–water partition coefficient (Wildman–Crippen LogP) is 5.10. The molecule has 4 rings (SSSR count). The van der Waals surface area contributed by atoms with Crippen molar-refractivity contribution in [2.75, 3.05) is 0 Å². The number of pyridine rings is 1. The molecule has 0 atom stereocenters. The van der Waals surface area contributed by atoms with Gasteiger partial charge in [0, 0.05) is 23.7 Å². The van der Waals surface area contributed by atoms with Crippen molar-refractivity contribution < 1.29 is 13.9 Å². The number of amides is 1. The van der Waals surface area contributed by atoms with Crippen LogP contribution in [0.4, 0.5) is 4.39 Å². The van der Waals surface area contributed by atoms with Gasteiger partial charge >= 0.3 is 0 Å². The van der Waals surface area contributed by atoms with Crippen LogP contribution in [-0.4, -0.2) is 10.9 Å². The summed E-state index contributed by atoms with van der Waals surface area (Å²) in [5, 5.41) is 3.84. The monoisotopic (exact) mass is 372 g/mol. The molecule has 0 unspecified atom stereocenters. The number of aromatic nitrogens is 1. The van der Waals surface area contributed by atoms with E-state index >= 15 is 0 Å². The normalized spacial score (nSPS) is 10.6. The van der Waals surface area contributed by atoms with Gasteiger partial charge < -0.3 is 10.1 Å². The summed E-state index contributed by atoms with van der Waals surface area (Å²) in [7, 11) is 0. The van der Waals surface area contributed by atoms with Crippen LogP contribution in [0.25, 0.3) is 10.9 Å². The van der Waals surface area contributed by atoms with Crippen LogP contribution >= 0.6 is 0 Å². The molecule has 3 aromatic carbocycles. The second kappa shape index (κ2) is 7.88. The molecule has 0 bridgehead atoms. The van der Waals surface area contributed by atoms with Crippen molar-refractivity contribution in [1.82, 2.24) is 10.3 Å². The van der Waals surface area contributed by atoms with Crippen LogP contribution in [0.5, 0.6) is 11.5 Å². The number of carbonyl (C=O) groups is 1. The first-order chi connectivity index (χ1) is 13.7. The molecular formula is C23H17FN2O2. The highest BCUT2D eigenvalue weighted by molar-refractivity contribution is 5.97. The molecule has 0 radical (unpaired) electrons. The zero-order chi connectivity index (χ0) is 19.3. The average Bonchev–Trinajstić information content (AvgIpc) is 2.74. The van der Waals surface area contributed by atoms with Gasteiger partial charge in [0.15, 0.2) is 0 Å². The second-order valence-electron chi connectivity index (χ2n) is 6.29. The fourth-order valence-electron chi connectivity index (χ4n) is 2.82. The molecule has 0 aliphatic heterocycles. The van der Waals surface area contributed by atoms with Gasteiger partial charge in [-0.1, -0.05) is 18.2 Å². The number of ether oxygens (including phenoxy) is 1. The Bertz CT molecular complexity index is 1110. The van der Waals surface area contributed by atoms with Crippen molar-refractivity contribution in [3.05, 3.63) is 102 Å². The van der Waals surface area contributed by atoms with Crippen molar-refractivity contribution in [3.63, 3.8) is 0 Å². The Morgan fingerprint density at radius 1 is 0.929 bits per heavy atom. The summed E-state index contributed by atoms with van der Waals surface area (Å²) in [5.74, 6) is 0.760. The third kappa shape index (κ3) is 4.15. The Labute approximate surface area is 161 Å². The first-order valence-electron chi connectivity index (χ1n) is 8.83. The Kier molecular flexibility index (Phi) is 4.97. The van der Waals surface area contributed by atoms with E-state index in [0.717, 1.165) is 16.5 Å². The lowest BCUT2D eigenvalue weighted by Gasteiger charge is -2.08. The summed E-state index contributed by atoms with van der Waals surface area (Å²) in [4.78, 5) is 16.7. The molecule has 1 aromatic heterocycles. The number of carbonyl (C=O) groups excluding carboxylic acids is 1. The van der Waals surface area contributed by atoms with Gasteiger partial charge in [-0.15, -0.1) is 0 Å².